The Bertz CT molecular complexity index is 806. The molecule has 0 amide bonds. The smallest absolute Gasteiger partial charge is 0.123 e. The second kappa shape index (κ2) is 11.4. The third-order valence-corrected chi connectivity index (χ3v) is 5.45. The van der Waals surface area contributed by atoms with E-state index in [-0.39, 0.29) is 24.8 Å². The number of nitriles is 1. The van der Waals surface area contributed by atoms with Gasteiger partial charge >= 0.3 is 0 Å². The molecule has 0 unspecified atom stereocenters. The molecule has 0 radical (unpaired) electrons. The number of hydrogen-bond donors (Lipinski definition) is 2. The van der Waals surface area contributed by atoms with Crippen molar-refractivity contribution in [3.05, 3.63) is 65.2 Å². The average molecular weight is 436 g/mol. The van der Waals surface area contributed by atoms with Crippen LogP contribution in [0.1, 0.15) is 49.4 Å². The van der Waals surface area contributed by atoms with Gasteiger partial charge in [-0.15, -0.1) is 24.8 Å². The summed E-state index contributed by atoms with van der Waals surface area (Å²) in [5, 5.41) is 16.8. The van der Waals surface area contributed by atoms with E-state index in [2.05, 4.69) is 53.1 Å². The Balaban J connectivity index is 0.00000210. The maximum atomic E-state index is 9.45. The van der Waals surface area contributed by atoms with Gasteiger partial charge in [0.25, 0.3) is 0 Å². The highest BCUT2D eigenvalue weighted by atomic mass is 35.5. The molecule has 6 heteroatoms. The molecule has 0 aromatic heterocycles. The molecule has 2 aromatic rings. The number of methoxy groups -OCH3 is 1. The number of nitrogens with one attached hydrogen (secondary N) is 2. The van der Waals surface area contributed by atoms with Gasteiger partial charge < -0.3 is 15.4 Å². The zero-order valence-corrected chi connectivity index (χ0v) is 18.9. The third-order valence-electron chi connectivity index (χ3n) is 5.45. The second-order valence-electron chi connectivity index (χ2n) is 7.74. The summed E-state index contributed by atoms with van der Waals surface area (Å²) >= 11 is 0. The highest BCUT2D eigenvalue weighted by Gasteiger charge is 2.26. The van der Waals surface area contributed by atoms with Crippen LogP contribution in [0.2, 0.25) is 0 Å². The number of halogens is 2. The van der Waals surface area contributed by atoms with Gasteiger partial charge in [0.05, 0.1) is 18.6 Å². The summed E-state index contributed by atoms with van der Waals surface area (Å²) in [6, 6.07) is 19.7. The van der Waals surface area contributed by atoms with Crippen molar-refractivity contribution in [1.29, 1.82) is 5.26 Å². The molecule has 0 bridgehead atoms. The van der Waals surface area contributed by atoms with Crippen LogP contribution in [0, 0.1) is 11.3 Å². The highest BCUT2D eigenvalue weighted by molar-refractivity contribution is 5.85. The fraction of sp³-hybridized carbons (Fsp3) is 0.435. The number of hydrogen-bond acceptors (Lipinski definition) is 4. The predicted octanol–water partition coefficient (Wildman–Crippen LogP) is 4.92. The van der Waals surface area contributed by atoms with Gasteiger partial charge in [0.15, 0.2) is 0 Å². The van der Waals surface area contributed by atoms with Gasteiger partial charge in [-0.2, -0.15) is 5.26 Å². The summed E-state index contributed by atoms with van der Waals surface area (Å²) in [5.41, 5.74) is 2.92. The molecule has 0 aliphatic carbocycles. The fourth-order valence-electron chi connectivity index (χ4n) is 3.73. The fourth-order valence-corrected chi connectivity index (χ4v) is 3.73. The molecule has 1 aliphatic heterocycles. The Morgan fingerprint density at radius 1 is 1.17 bits per heavy atom. The molecule has 0 spiro atoms. The lowest BCUT2D eigenvalue weighted by Crippen LogP contribution is -2.45. The Morgan fingerprint density at radius 3 is 2.55 bits per heavy atom. The molecule has 4 nitrogen and oxygen atoms in total. The van der Waals surface area contributed by atoms with E-state index in [0.717, 1.165) is 29.8 Å². The Hall–Kier alpha value is -1.77. The lowest BCUT2D eigenvalue weighted by Gasteiger charge is -2.34. The van der Waals surface area contributed by atoms with E-state index in [1.54, 1.807) is 7.11 Å². The molecule has 1 aliphatic rings. The summed E-state index contributed by atoms with van der Waals surface area (Å²) in [6.45, 7) is 5.66. The highest BCUT2D eigenvalue weighted by Crippen LogP contribution is 2.29. The topological polar surface area (TPSA) is 57.1 Å². The van der Waals surface area contributed by atoms with Crippen LogP contribution >= 0.6 is 24.8 Å². The Kier molecular flexibility index (Phi) is 9.95. The van der Waals surface area contributed by atoms with Crippen molar-refractivity contribution in [2.45, 2.75) is 50.7 Å². The number of rotatable bonds is 6. The molecule has 1 saturated heterocycles. The minimum absolute atomic E-state index is 0. The molecule has 2 N–H and O–H groups in total. The maximum absolute atomic E-state index is 9.45. The standard InChI is InChI=1S/C23H29N3O.2ClH/c1-23(2,16-24)19-11-12-21(27-3)18(14-19)15-26-20-10-7-13-25-22(20)17-8-5-4-6-9-17;;/h4-6,8-9,11-12,14,20,22,25-26H,7,10,13,15H2,1-3H3;2*1H/t20-,22-;;/m0../s1. The minimum atomic E-state index is -0.514. The number of ether oxygens (including phenoxy) is 1. The van der Waals surface area contributed by atoms with Crippen LogP contribution in [0.25, 0.3) is 0 Å². The van der Waals surface area contributed by atoms with Crippen LogP contribution in [0.15, 0.2) is 48.5 Å². The van der Waals surface area contributed by atoms with Crippen LogP contribution in [-0.4, -0.2) is 19.7 Å². The molecule has 29 heavy (non-hydrogen) atoms. The van der Waals surface area contributed by atoms with Crippen molar-refractivity contribution < 1.29 is 4.74 Å². The van der Waals surface area contributed by atoms with E-state index in [9.17, 15) is 5.26 Å². The van der Waals surface area contributed by atoms with Crippen molar-refractivity contribution >= 4 is 24.8 Å². The average Bonchev–Trinajstić information content (AvgIpc) is 2.72. The molecule has 2 aromatic carbocycles. The van der Waals surface area contributed by atoms with E-state index in [4.69, 9.17) is 4.74 Å². The van der Waals surface area contributed by atoms with Gasteiger partial charge in [-0.3, -0.25) is 0 Å². The lowest BCUT2D eigenvalue weighted by molar-refractivity contribution is 0.302. The summed E-state index contributed by atoms with van der Waals surface area (Å²) in [7, 11) is 1.70. The van der Waals surface area contributed by atoms with Crippen LogP contribution in [0.3, 0.4) is 0 Å². The summed E-state index contributed by atoms with van der Waals surface area (Å²) in [4.78, 5) is 0. The normalized spacial score (nSPS) is 18.7. The molecule has 0 saturated carbocycles. The molecule has 1 heterocycles. The van der Waals surface area contributed by atoms with Gasteiger partial charge in [0, 0.05) is 24.2 Å². The number of piperidine rings is 1. The Labute approximate surface area is 186 Å². The van der Waals surface area contributed by atoms with E-state index in [1.165, 1.54) is 12.0 Å². The first-order chi connectivity index (χ1) is 13.0. The van der Waals surface area contributed by atoms with Crippen molar-refractivity contribution in [1.82, 2.24) is 10.6 Å². The Morgan fingerprint density at radius 2 is 1.90 bits per heavy atom. The third kappa shape index (κ3) is 6.10. The van der Waals surface area contributed by atoms with E-state index >= 15 is 0 Å². The van der Waals surface area contributed by atoms with Gasteiger partial charge in [0.2, 0.25) is 0 Å². The first kappa shape index (κ1) is 25.3. The predicted molar refractivity (Wildman–Crippen MR) is 123 cm³/mol. The van der Waals surface area contributed by atoms with Gasteiger partial charge in [-0.25, -0.2) is 0 Å². The van der Waals surface area contributed by atoms with Crippen LogP contribution in [0.5, 0.6) is 5.75 Å². The SMILES string of the molecule is COc1ccc(C(C)(C)C#N)cc1CN[C@H]1CCCN[C@H]1c1ccccc1.Cl.Cl. The van der Waals surface area contributed by atoms with Crippen LogP contribution < -0.4 is 15.4 Å². The molecule has 158 valence electrons. The van der Waals surface area contributed by atoms with E-state index in [1.807, 2.05) is 26.0 Å². The van der Waals surface area contributed by atoms with Gasteiger partial charge in [-0.1, -0.05) is 36.4 Å². The second-order valence-corrected chi connectivity index (χ2v) is 7.74. The molecule has 1 fully saturated rings. The number of nitrogens with zero attached hydrogens (tertiary/aromatic N) is 1. The van der Waals surface area contributed by atoms with E-state index in [0.29, 0.717) is 18.6 Å². The minimum Gasteiger partial charge on any atom is -0.496 e. The zero-order valence-electron chi connectivity index (χ0n) is 17.3. The summed E-state index contributed by atoms with van der Waals surface area (Å²) in [5.74, 6) is 0.861. The molecular weight excluding hydrogens is 405 g/mol. The van der Waals surface area contributed by atoms with Crippen molar-refractivity contribution in [2.75, 3.05) is 13.7 Å². The maximum Gasteiger partial charge on any atom is 0.123 e. The first-order valence-corrected chi connectivity index (χ1v) is 9.65. The largest absolute Gasteiger partial charge is 0.496 e. The zero-order chi connectivity index (χ0) is 19.3. The van der Waals surface area contributed by atoms with Crippen molar-refractivity contribution in [2.24, 2.45) is 0 Å². The van der Waals surface area contributed by atoms with Gasteiger partial charge in [-0.05, 0) is 56.5 Å². The summed E-state index contributed by atoms with van der Waals surface area (Å²) < 4.78 is 5.56. The van der Waals surface area contributed by atoms with Crippen molar-refractivity contribution in [3.8, 4) is 11.8 Å². The summed E-state index contributed by atoms with van der Waals surface area (Å²) in [6.07, 6.45) is 2.30. The van der Waals surface area contributed by atoms with E-state index < -0.39 is 5.41 Å². The molecular formula is C23H31Cl2N3O. The van der Waals surface area contributed by atoms with Crippen molar-refractivity contribution in [3.63, 3.8) is 0 Å². The first-order valence-electron chi connectivity index (χ1n) is 9.65. The monoisotopic (exact) mass is 435 g/mol. The molecule has 3 rings (SSSR count). The van der Waals surface area contributed by atoms with Crippen LogP contribution in [0.4, 0.5) is 0 Å². The lowest BCUT2D eigenvalue weighted by atomic mass is 9.85. The van der Waals surface area contributed by atoms with Gasteiger partial charge in [0.1, 0.15) is 5.75 Å². The number of benzene rings is 2. The quantitative estimate of drug-likeness (QED) is 0.675. The molecule has 2 atom stereocenters. The van der Waals surface area contributed by atoms with Crippen LogP contribution in [-0.2, 0) is 12.0 Å².